The van der Waals surface area contributed by atoms with Gasteiger partial charge in [-0.3, -0.25) is 9.59 Å². The van der Waals surface area contributed by atoms with Gasteiger partial charge >= 0.3 is 0 Å². The second kappa shape index (κ2) is 9.27. The molecule has 5 rings (SSSR count). The van der Waals surface area contributed by atoms with Crippen LogP contribution in [-0.2, 0) is 14.8 Å². The Morgan fingerprint density at radius 2 is 1.53 bits per heavy atom. The second-order valence-corrected chi connectivity index (χ2v) is 10.5. The molecule has 2 fully saturated rings. The van der Waals surface area contributed by atoms with Crippen LogP contribution in [0.25, 0.3) is 0 Å². The molecule has 2 aromatic carbocycles. The largest absolute Gasteiger partial charge is 0.490 e. The number of benzene rings is 2. The normalized spacial score (nSPS) is 19.2. The molecular weight excluding hydrogens is 458 g/mol. The molecular formula is C24H27N3O6S. The van der Waals surface area contributed by atoms with Crippen LogP contribution in [0.5, 0.6) is 11.5 Å². The maximum atomic E-state index is 13.2. The van der Waals surface area contributed by atoms with Gasteiger partial charge in [0.15, 0.2) is 11.5 Å². The van der Waals surface area contributed by atoms with Crippen LogP contribution in [0.4, 0.5) is 5.69 Å². The van der Waals surface area contributed by atoms with Gasteiger partial charge in [-0.05, 0) is 42.8 Å². The molecule has 0 unspecified atom stereocenters. The topological polar surface area (TPSA) is 96.5 Å². The van der Waals surface area contributed by atoms with Gasteiger partial charge in [-0.25, -0.2) is 8.42 Å². The number of rotatable bonds is 4. The number of nitrogens with zero attached hydrogens (tertiary/aromatic N) is 3. The van der Waals surface area contributed by atoms with Crippen molar-refractivity contribution in [3.8, 4) is 11.5 Å². The van der Waals surface area contributed by atoms with E-state index in [0.29, 0.717) is 56.3 Å². The Balaban J connectivity index is 1.23. The molecule has 180 valence electrons. The van der Waals surface area contributed by atoms with E-state index in [-0.39, 0.29) is 29.8 Å². The molecule has 3 aliphatic rings. The molecule has 2 amide bonds. The van der Waals surface area contributed by atoms with Gasteiger partial charge in [0, 0.05) is 62.9 Å². The average Bonchev–Trinajstić information content (AvgIpc) is 3.15. The summed E-state index contributed by atoms with van der Waals surface area (Å²) in [7, 11) is -3.72. The van der Waals surface area contributed by atoms with Gasteiger partial charge in [-0.2, -0.15) is 4.31 Å². The predicted octanol–water partition coefficient (Wildman–Crippen LogP) is 2.12. The smallest absolute Gasteiger partial charge is 0.253 e. The first-order valence-electron chi connectivity index (χ1n) is 11.5. The average molecular weight is 486 g/mol. The van der Waals surface area contributed by atoms with Gasteiger partial charge in [0.05, 0.1) is 18.1 Å². The Kier molecular flexibility index (Phi) is 6.18. The standard InChI is InChI=1S/C24H27N3O6S/c28-23-3-1-10-27(23)19-6-4-18(5-7-19)24(29)25-11-13-26(14-12-25)34(30,31)20-8-9-21-22(17-20)33-16-2-15-32-21/h4-9,17H,1-3,10-16H2. The molecule has 0 aromatic heterocycles. The number of carbonyl (C=O) groups excluding carboxylic acids is 2. The van der Waals surface area contributed by atoms with Crippen molar-refractivity contribution in [1.82, 2.24) is 9.21 Å². The molecule has 0 saturated carbocycles. The van der Waals surface area contributed by atoms with E-state index in [9.17, 15) is 18.0 Å². The fourth-order valence-corrected chi connectivity index (χ4v) is 5.91. The van der Waals surface area contributed by atoms with Crippen molar-refractivity contribution in [2.24, 2.45) is 0 Å². The first kappa shape index (κ1) is 22.7. The lowest BCUT2D eigenvalue weighted by molar-refractivity contribution is -0.117. The third-order valence-electron chi connectivity index (χ3n) is 6.38. The van der Waals surface area contributed by atoms with E-state index in [1.807, 2.05) is 0 Å². The Morgan fingerprint density at radius 1 is 0.824 bits per heavy atom. The Hall–Kier alpha value is -3.11. The lowest BCUT2D eigenvalue weighted by atomic mass is 10.1. The summed E-state index contributed by atoms with van der Waals surface area (Å²) in [5, 5.41) is 0. The van der Waals surface area contributed by atoms with Crippen molar-refractivity contribution in [1.29, 1.82) is 0 Å². The molecule has 2 saturated heterocycles. The van der Waals surface area contributed by atoms with Crippen molar-refractivity contribution >= 4 is 27.5 Å². The van der Waals surface area contributed by atoms with E-state index in [0.717, 1.165) is 18.5 Å². The van der Waals surface area contributed by atoms with E-state index < -0.39 is 10.0 Å². The fourth-order valence-electron chi connectivity index (χ4n) is 4.47. The Bertz CT molecular complexity index is 1190. The summed E-state index contributed by atoms with van der Waals surface area (Å²) in [6, 6.07) is 11.7. The third kappa shape index (κ3) is 4.35. The van der Waals surface area contributed by atoms with E-state index in [4.69, 9.17) is 9.47 Å². The summed E-state index contributed by atoms with van der Waals surface area (Å²) in [6.45, 7) is 2.74. The molecule has 9 nitrogen and oxygen atoms in total. The highest BCUT2D eigenvalue weighted by molar-refractivity contribution is 7.89. The highest BCUT2D eigenvalue weighted by Gasteiger charge is 2.31. The van der Waals surface area contributed by atoms with Crippen LogP contribution in [0.15, 0.2) is 47.4 Å². The molecule has 10 heteroatoms. The van der Waals surface area contributed by atoms with E-state index in [1.54, 1.807) is 40.1 Å². The zero-order valence-electron chi connectivity index (χ0n) is 18.8. The molecule has 0 N–H and O–H groups in total. The number of sulfonamides is 1. The van der Waals surface area contributed by atoms with Crippen LogP contribution >= 0.6 is 0 Å². The number of ether oxygens (including phenoxy) is 2. The number of carbonyl (C=O) groups is 2. The van der Waals surface area contributed by atoms with Crippen molar-refractivity contribution in [3.63, 3.8) is 0 Å². The van der Waals surface area contributed by atoms with Gasteiger partial charge < -0.3 is 19.3 Å². The molecule has 0 radical (unpaired) electrons. The van der Waals surface area contributed by atoms with Crippen molar-refractivity contribution in [3.05, 3.63) is 48.0 Å². The number of piperazine rings is 1. The number of hydrogen-bond donors (Lipinski definition) is 0. The molecule has 0 aliphatic carbocycles. The summed E-state index contributed by atoms with van der Waals surface area (Å²) < 4.78 is 39.0. The van der Waals surface area contributed by atoms with Gasteiger partial charge in [0.2, 0.25) is 15.9 Å². The highest BCUT2D eigenvalue weighted by atomic mass is 32.2. The van der Waals surface area contributed by atoms with E-state index >= 15 is 0 Å². The van der Waals surface area contributed by atoms with Gasteiger partial charge in [-0.1, -0.05) is 0 Å². The van der Waals surface area contributed by atoms with Crippen molar-refractivity contribution < 1.29 is 27.5 Å². The third-order valence-corrected chi connectivity index (χ3v) is 8.28. The summed E-state index contributed by atoms with van der Waals surface area (Å²) in [5.74, 6) is 0.940. The number of hydrogen-bond acceptors (Lipinski definition) is 6. The van der Waals surface area contributed by atoms with Crippen LogP contribution < -0.4 is 14.4 Å². The number of amides is 2. The number of anilines is 1. The maximum absolute atomic E-state index is 13.2. The Labute approximate surface area is 198 Å². The highest BCUT2D eigenvalue weighted by Crippen LogP contribution is 2.33. The van der Waals surface area contributed by atoms with Crippen molar-refractivity contribution in [2.45, 2.75) is 24.2 Å². The van der Waals surface area contributed by atoms with Crippen LogP contribution in [0.2, 0.25) is 0 Å². The zero-order chi connectivity index (χ0) is 23.7. The summed E-state index contributed by atoms with van der Waals surface area (Å²) in [5.41, 5.74) is 1.32. The summed E-state index contributed by atoms with van der Waals surface area (Å²) in [4.78, 5) is 28.4. The monoisotopic (exact) mass is 485 g/mol. The lowest BCUT2D eigenvalue weighted by Gasteiger charge is -2.34. The summed E-state index contributed by atoms with van der Waals surface area (Å²) >= 11 is 0. The van der Waals surface area contributed by atoms with Crippen LogP contribution in [0.3, 0.4) is 0 Å². The fraction of sp³-hybridized carbons (Fsp3) is 0.417. The predicted molar refractivity (Wildman–Crippen MR) is 125 cm³/mol. The minimum absolute atomic E-state index is 0.102. The maximum Gasteiger partial charge on any atom is 0.253 e. The number of fused-ring (bicyclic) bond motifs is 1. The van der Waals surface area contributed by atoms with Crippen LogP contribution in [0.1, 0.15) is 29.6 Å². The van der Waals surface area contributed by atoms with Crippen molar-refractivity contribution in [2.75, 3.05) is 50.8 Å². The molecule has 3 aliphatic heterocycles. The molecule has 34 heavy (non-hydrogen) atoms. The van der Waals surface area contributed by atoms with Crippen LogP contribution in [-0.4, -0.2) is 75.4 Å². The van der Waals surface area contributed by atoms with E-state index in [2.05, 4.69) is 0 Å². The second-order valence-electron chi connectivity index (χ2n) is 8.55. The van der Waals surface area contributed by atoms with Gasteiger partial charge in [-0.15, -0.1) is 0 Å². The first-order chi connectivity index (χ1) is 16.4. The first-order valence-corrected chi connectivity index (χ1v) is 13.0. The van der Waals surface area contributed by atoms with E-state index in [1.165, 1.54) is 16.4 Å². The molecule has 0 spiro atoms. The molecule has 2 aromatic rings. The summed E-state index contributed by atoms with van der Waals surface area (Å²) in [6.07, 6.45) is 2.14. The zero-order valence-corrected chi connectivity index (χ0v) is 19.6. The quantitative estimate of drug-likeness (QED) is 0.658. The SMILES string of the molecule is O=C(c1ccc(N2CCCC2=O)cc1)N1CCN(S(=O)(=O)c2ccc3c(c2)OCCCO3)CC1. The van der Waals surface area contributed by atoms with Gasteiger partial charge in [0.25, 0.3) is 5.91 Å². The molecule has 0 bridgehead atoms. The van der Waals surface area contributed by atoms with Gasteiger partial charge in [0.1, 0.15) is 0 Å². The minimum Gasteiger partial charge on any atom is -0.490 e. The van der Waals surface area contributed by atoms with Crippen LogP contribution in [0, 0.1) is 0 Å². The lowest BCUT2D eigenvalue weighted by Crippen LogP contribution is -2.50. The molecule has 0 atom stereocenters. The Morgan fingerprint density at radius 3 is 2.21 bits per heavy atom. The molecule has 3 heterocycles. The minimum atomic E-state index is -3.72.